The molecule has 0 bridgehead atoms. The molecule has 0 aromatic heterocycles. The van der Waals surface area contributed by atoms with Crippen molar-refractivity contribution in [1.82, 2.24) is 0 Å². The van der Waals surface area contributed by atoms with Crippen LogP contribution in [0, 0.1) is 19.8 Å². The van der Waals surface area contributed by atoms with Gasteiger partial charge in [-0.2, -0.15) is 0 Å². The predicted octanol–water partition coefficient (Wildman–Crippen LogP) is 3.79. The van der Waals surface area contributed by atoms with Gasteiger partial charge in [-0.25, -0.2) is 0 Å². The average Bonchev–Trinajstić information content (AvgIpc) is 2.57. The second kappa shape index (κ2) is 5.01. The molecule has 110 valence electrons. The van der Waals surface area contributed by atoms with Gasteiger partial charge in [-0.3, -0.25) is 0 Å². The summed E-state index contributed by atoms with van der Waals surface area (Å²) in [6, 6.07) is 4.17. The first-order valence-electron chi connectivity index (χ1n) is 7.30. The molecule has 0 saturated carbocycles. The summed E-state index contributed by atoms with van der Waals surface area (Å²) in [5.74, 6) is -0.128. The molecule has 20 heavy (non-hydrogen) atoms. The number of aliphatic hydroxyl groups excluding tert-OH is 1. The van der Waals surface area contributed by atoms with Crippen LogP contribution >= 0.6 is 0 Å². The van der Waals surface area contributed by atoms with Gasteiger partial charge in [0.05, 0.1) is 11.7 Å². The zero-order chi connectivity index (χ0) is 15.2. The molecule has 1 aliphatic carbocycles. The lowest BCUT2D eigenvalue weighted by atomic mass is 9.78. The highest BCUT2D eigenvalue weighted by molar-refractivity contribution is 5.51. The Kier molecular flexibility index (Phi) is 3.83. The molecular formula is C18H26O2. The van der Waals surface area contributed by atoms with E-state index in [1.54, 1.807) is 13.8 Å². The molecule has 2 heteroatoms. The minimum absolute atomic E-state index is 0.0740. The normalized spacial score (nSPS) is 25.5. The van der Waals surface area contributed by atoms with Crippen LogP contribution in [0.5, 0.6) is 0 Å². The summed E-state index contributed by atoms with van der Waals surface area (Å²) < 4.78 is 0. The van der Waals surface area contributed by atoms with E-state index >= 15 is 0 Å². The van der Waals surface area contributed by atoms with Crippen LogP contribution in [0.1, 0.15) is 62.0 Å². The van der Waals surface area contributed by atoms with Crippen LogP contribution in [-0.2, 0) is 0 Å². The Bertz CT molecular complexity index is 545. The van der Waals surface area contributed by atoms with E-state index in [2.05, 4.69) is 39.0 Å². The van der Waals surface area contributed by atoms with Gasteiger partial charge >= 0.3 is 0 Å². The molecule has 2 nitrogen and oxygen atoms in total. The van der Waals surface area contributed by atoms with Crippen LogP contribution in [0.2, 0.25) is 0 Å². The van der Waals surface area contributed by atoms with Crippen molar-refractivity contribution in [2.24, 2.45) is 5.92 Å². The minimum Gasteiger partial charge on any atom is -0.390 e. The quantitative estimate of drug-likeness (QED) is 0.806. The number of hydrogen-bond acceptors (Lipinski definition) is 2. The molecule has 0 saturated heterocycles. The maximum Gasteiger partial charge on any atom is 0.0859 e. The minimum atomic E-state index is -0.923. The third-order valence-electron chi connectivity index (χ3n) is 4.41. The van der Waals surface area contributed by atoms with E-state index in [4.69, 9.17) is 0 Å². The number of benzene rings is 1. The molecule has 2 N–H and O–H groups in total. The van der Waals surface area contributed by atoms with Gasteiger partial charge in [0, 0.05) is 11.8 Å². The molecule has 1 aliphatic rings. The van der Waals surface area contributed by atoms with Crippen LogP contribution in [0.15, 0.2) is 23.8 Å². The highest BCUT2D eigenvalue weighted by Gasteiger charge is 2.47. The molecule has 2 rings (SSSR count). The van der Waals surface area contributed by atoms with Gasteiger partial charge in [0.15, 0.2) is 0 Å². The monoisotopic (exact) mass is 274 g/mol. The maximum atomic E-state index is 10.8. The number of hydrogen-bond donors (Lipinski definition) is 2. The molecular weight excluding hydrogens is 248 g/mol. The van der Waals surface area contributed by atoms with Crippen LogP contribution in [0.3, 0.4) is 0 Å². The first-order valence-corrected chi connectivity index (χ1v) is 7.30. The molecule has 0 heterocycles. The lowest BCUT2D eigenvalue weighted by Crippen LogP contribution is -2.35. The van der Waals surface area contributed by atoms with E-state index in [1.165, 1.54) is 16.7 Å². The number of rotatable bonds is 2. The summed E-state index contributed by atoms with van der Waals surface area (Å²) in [6.07, 6.45) is 1.58. The van der Waals surface area contributed by atoms with Gasteiger partial charge in [-0.1, -0.05) is 23.8 Å². The Balaban J connectivity index is 2.70. The summed E-state index contributed by atoms with van der Waals surface area (Å²) in [4.78, 5) is 0. The fraction of sp³-hybridized carbons (Fsp3) is 0.556. The van der Waals surface area contributed by atoms with E-state index in [1.807, 2.05) is 6.92 Å². The van der Waals surface area contributed by atoms with Crippen LogP contribution in [0.4, 0.5) is 0 Å². The fourth-order valence-corrected chi connectivity index (χ4v) is 3.62. The van der Waals surface area contributed by atoms with Gasteiger partial charge in [-0.15, -0.1) is 0 Å². The third-order valence-corrected chi connectivity index (χ3v) is 4.41. The van der Waals surface area contributed by atoms with Crippen molar-refractivity contribution in [2.45, 2.75) is 59.2 Å². The van der Waals surface area contributed by atoms with Crippen molar-refractivity contribution in [3.05, 3.63) is 46.0 Å². The summed E-state index contributed by atoms with van der Waals surface area (Å²) in [7, 11) is 0. The second-order valence-corrected chi connectivity index (χ2v) is 6.92. The van der Waals surface area contributed by atoms with Crippen molar-refractivity contribution >= 4 is 0 Å². The summed E-state index contributed by atoms with van der Waals surface area (Å²) >= 11 is 0. The lowest BCUT2D eigenvalue weighted by molar-refractivity contribution is -0.0449. The van der Waals surface area contributed by atoms with Gasteiger partial charge in [0.1, 0.15) is 0 Å². The van der Waals surface area contributed by atoms with Crippen molar-refractivity contribution in [1.29, 1.82) is 0 Å². The van der Waals surface area contributed by atoms with Crippen LogP contribution in [0.25, 0.3) is 0 Å². The van der Waals surface area contributed by atoms with E-state index in [-0.39, 0.29) is 11.8 Å². The summed E-state index contributed by atoms with van der Waals surface area (Å²) in [5.41, 5.74) is 4.81. The number of allylic oxidation sites excluding steroid dienone is 2. The largest absolute Gasteiger partial charge is 0.390 e. The average molecular weight is 274 g/mol. The zero-order valence-electron chi connectivity index (χ0n) is 13.4. The van der Waals surface area contributed by atoms with Crippen LogP contribution < -0.4 is 0 Å². The molecule has 0 radical (unpaired) electrons. The number of fused-ring (bicyclic) bond motifs is 1. The van der Waals surface area contributed by atoms with Crippen molar-refractivity contribution in [3.8, 4) is 0 Å². The van der Waals surface area contributed by atoms with E-state index in [9.17, 15) is 10.2 Å². The molecule has 1 aromatic rings. The number of aryl methyl sites for hydroxylation is 2. The molecule has 0 unspecified atom stereocenters. The smallest absolute Gasteiger partial charge is 0.0859 e. The molecule has 0 fully saturated rings. The van der Waals surface area contributed by atoms with Crippen molar-refractivity contribution in [2.75, 3.05) is 0 Å². The summed E-state index contributed by atoms with van der Waals surface area (Å²) in [5, 5.41) is 21.3. The van der Waals surface area contributed by atoms with Gasteiger partial charge < -0.3 is 10.2 Å². The zero-order valence-corrected chi connectivity index (χ0v) is 13.4. The Hall–Kier alpha value is -1.12. The van der Waals surface area contributed by atoms with Gasteiger partial charge in [0.25, 0.3) is 0 Å². The molecule has 1 aromatic carbocycles. The predicted molar refractivity (Wildman–Crippen MR) is 82.8 cm³/mol. The Labute approximate surface area is 122 Å². The first-order chi connectivity index (χ1) is 9.14. The molecule has 0 aliphatic heterocycles. The summed E-state index contributed by atoms with van der Waals surface area (Å²) in [6.45, 7) is 11.8. The highest BCUT2D eigenvalue weighted by atomic mass is 16.3. The van der Waals surface area contributed by atoms with Gasteiger partial charge in [-0.05, 0) is 63.8 Å². The second-order valence-electron chi connectivity index (χ2n) is 6.92. The van der Waals surface area contributed by atoms with Crippen molar-refractivity contribution in [3.63, 3.8) is 0 Å². The maximum absolute atomic E-state index is 10.8. The van der Waals surface area contributed by atoms with E-state index in [0.717, 1.165) is 11.1 Å². The lowest BCUT2D eigenvalue weighted by Gasteiger charge is -2.32. The fourth-order valence-electron chi connectivity index (χ4n) is 3.62. The van der Waals surface area contributed by atoms with E-state index in [0.29, 0.717) is 0 Å². The van der Waals surface area contributed by atoms with Crippen LogP contribution in [-0.4, -0.2) is 15.8 Å². The Morgan fingerprint density at radius 3 is 2.05 bits per heavy atom. The highest BCUT2D eigenvalue weighted by Crippen LogP contribution is 2.52. The SMILES string of the molecule is CC(C)=C[C@H]1c2c(C)ccc(C)c2[C@@H](O)[C@@H]1C(C)(C)O. The van der Waals surface area contributed by atoms with Crippen molar-refractivity contribution < 1.29 is 10.2 Å². The topological polar surface area (TPSA) is 40.5 Å². The Morgan fingerprint density at radius 2 is 1.60 bits per heavy atom. The Morgan fingerprint density at radius 1 is 1.10 bits per heavy atom. The molecule has 0 spiro atoms. The first kappa shape index (κ1) is 15.3. The third kappa shape index (κ3) is 2.43. The number of aliphatic hydroxyl groups is 2. The molecule has 3 atom stereocenters. The molecule has 0 amide bonds. The van der Waals surface area contributed by atoms with Gasteiger partial charge in [0.2, 0.25) is 0 Å². The van der Waals surface area contributed by atoms with E-state index < -0.39 is 11.7 Å². The standard InChI is InChI=1S/C18H26O2/c1-10(2)9-13-14-11(3)7-8-12(4)15(14)17(19)16(13)18(5,6)20/h7-9,13,16-17,19-20H,1-6H3/t13-,16+,17+/m0/s1.